The molecule has 0 spiro atoms. The molecule has 0 aromatic heterocycles. The molecule has 2 rings (SSSR count). The molecule has 8 heteroatoms. The monoisotopic (exact) mass is 379 g/mol. The van der Waals surface area contributed by atoms with Crippen LogP contribution in [0.15, 0.2) is 36.4 Å². The second kappa shape index (κ2) is 8.91. The standard InChI is InChI=1S/C17H17NO5S2/c1-11-2-4-15(5-3-11)23-17(24)25-10-14-6-12(8-19)13(9-20)7-16(14)18(21)22/h2-7,19-20H,8-10H2,1H3. The molecule has 132 valence electrons. The summed E-state index contributed by atoms with van der Waals surface area (Å²) >= 11 is 6.32. The molecule has 0 aliphatic carbocycles. The number of aryl methyl sites for hydroxylation is 1. The molecule has 2 N–H and O–H groups in total. The molecule has 0 atom stereocenters. The fraction of sp³-hybridized carbons (Fsp3) is 0.235. The Labute approximate surface area is 154 Å². The van der Waals surface area contributed by atoms with Crippen LogP contribution in [0.2, 0.25) is 0 Å². The minimum atomic E-state index is -0.514. The van der Waals surface area contributed by atoms with Gasteiger partial charge < -0.3 is 14.9 Å². The van der Waals surface area contributed by atoms with E-state index in [0.29, 0.717) is 22.4 Å². The van der Waals surface area contributed by atoms with Crippen molar-refractivity contribution in [3.05, 3.63) is 68.8 Å². The highest BCUT2D eigenvalue weighted by Crippen LogP contribution is 2.29. The molecule has 2 aromatic carbocycles. The Balaban J connectivity index is 2.11. The van der Waals surface area contributed by atoms with E-state index in [0.717, 1.165) is 17.3 Å². The van der Waals surface area contributed by atoms with E-state index >= 15 is 0 Å². The second-order valence-electron chi connectivity index (χ2n) is 5.28. The van der Waals surface area contributed by atoms with E-state index in [9.17, 15) is 20.3 Å². The molecular formula is C17H17NO5S2. The Bertz CT molecular complexity index is 777. The molecule has 0 amide bonds. The van der Waals surface area contributed by atoms with Gasteiger partial charge in [-0.05, 0) is 48.5 Å². The molecule has 6 nitrogen and oxygen atoms in total. The molecule has 0 fully saturated rings. The summed E-state index contributed by atoms with van der Waals surface area (Å²) in [5, 5.41) is 29.9. The molecule has 0 saturated heterocycles. The number of thioether (sulfide) groups is 1. The molecule has 0 aliphatic heterocycles. The minimum absolute atomic E-state index is 0.119. The Kier molecular flexibility index (Phi) is 6.89. The maximum Gasteiger partial charge on any atom is 0.273 e. The van der Waals surface area contributed by atoms with Crippen molar-refractivity contribution in [1.82, 2.24) is 0 Å². The van der Waals surface area contributed by atoms with Crippen molar-refractivity contribution in [2.75, 3.05) is 0 Å². The number of hydrogen-bond acceptors (Lipinski definition) is 7. The first-order valence-electron chi connectivity index (χ1n) is 7.36. The quantitative estimate of drug-likeness (QED) is 0.451. The number of nitrogens with zero attached hydrogens (tertiary/aromatic N) is 1. The van der Waals surface area contributed by atoms with Gasteiger partial charge >= 0.3 is 0 Å². The largest absolute Gasteiger partial charge is 0.440 e. The summed E-state index contributed by atoms with van der Waals surface area (Å²) in [4.78, 5) is 10.7. The molecule has 0 unspecified atom stereocenters. The van der Waals surface area contributed by atoms with Gasteiger partial charge in [0.15, 0.2) is 0 Å². The third-order valence-corrected chi connectivity index (χ3v) is 4.72. The first kappa shape index (κ1) is 19.3. The second-order valence-corrected chi connectivity index (χ2v) is 6.85. The van der Waals surface area contributed by atoms with Gasteiger partial charge in [0, 0.05) is 17.4 Å². The Morgan fingerprint density at radius 2 is 1.76 bits per heavy atom. The van der Waals surface area contributed by atoms with Crippen LogP contribution in [0.5, 0.6) is 5.75 Å². The van der Waals surface area contributed by atoms with E-state index in [1.807, 2.05) is 19.1 Å². The van der Waals surface area contributed by atoms with Gasteiger partial charge in [-0.1, -0.05) is 29.5 Å². The zero-order valence-corrected chi connectivity index (χ0v) is 15.1. The third-order valence-electron chi connectivity index (χ3n) is 3.51. The van der Waals surface area contributed by atoms with Gasteiger partial charge in [-0.25, -0.2) is 0 Å². The van der Waals surface area contributed by atoms with Crippen LogP contribution in [-0.2, 0) is 19.0 Å². The lowest BCUT2D eigenvalue weighted by atomic mass is 10.0. The summed E-state index contributed by atoms with van der Waals surface area (Å²) < 4.78 is 5.77. The van der Waals surface area contributed by atoms with Gasteiger partial charge in [0.25, 0.3) is 5.69 Å². The number of benzene rings is 2. The maximum atomic E-state index is 11.2. The van der Waals surface area contributed by atoms with Gasteiger partial charge in [-0.3, -0.25) is 10.1 Å². The van der Waals surface area contributed by atoms with Crippen molar-refractivity contribution in [2.45, 2.75) is 25.9 Å². The van der Waals surface area contributed by atoms with Crippen molar-refractivity contribution < 1.29 is 19.9 Å². The normalized spacial score (nSPS) is 10.5. The predicted molar refractivity (Wildman–Crippen MR) is 101 cm³/mol. The molecule has 0 aliphatic rings. The summed E-state index contributed by atoms with van der Waals surface area (Å²) in [7, 11) is 0. The van der Waals surface area contributed by atoms with Crippen LogP contribution in [0.25, 0.3) is 0 Å². The van der Waals surface area contributed by atoms with E-state index in [1.165, 1.54) is 12.1 Å². The highest BCUT2D eigenvalue weighted by Gasteiger charge is 2.18. The summed E-state index contributed by atoms with van der Waals surface area (Å²) in [6.45, 7) is 1.28. The van der Waals surface area contributed by atoms with E-state index in [1.54, 1.807) is 12.1 Å². The third kappa shape index (κ3) is 5.23. The lowest BCUT2D eigenvalue weighted by molar-refractivity contribution is -0.385. The summed E-state index contributed by atoms with van der Waals surface area (Å²) in [5.74, 6) is 0.823. The maximum absolute atomic E-state index is 11.2. The minimum Gasteiger partial charge on any atom is -0.440 e. The van der Waals surface area contributed by atoms with Crippen LogP contribution >= 0.6 is 24.0 Å². The zero-order valence-electron chi connectivity index (χ0n) is 13.5. The molecule has 0 saturated carbocycles. The summed E-state index contributed by atoms with van der Waals surface area (Å²) in [5.41, 5.74) is 2.18. The van der Waals surface area contributed by atoms with Crippen molar-refractivity contribution in [3.63, 3.8) is 0 Å². The first-order chi connectivity index (χ1) is 11.9. The van der Waals surface area contributed by atoms with Crippen LogP contribution in [0.3, 0.4) is 0 Å². The molecule has 2 aromatic rings. The Morgan fingerprint density at radius 3 is 2.32 bits per heavy atom. The SMILES string of the molecule is Cc1ccc(OC(=S)SCc2cc(CO)c(CO)cc2[N+](=O)[O-])cc1. The van der Waals surface area contributed by atoms with Crippen LogP contribution in [-0.4, -0.2) is 19.5 Å². The fourth-order valence-corrected chi connectivity index (χ4v) is 3.11. The molecule has 0 radical (unpaired) electrons. The zero-order chi connectivity index (χ0) is 18.4. The van der Waals surface area contributed by atoms with Gasteiger partial charge in [0.2, 0.25) is 4.38 Å². The van der Waals surface area contributed by atoms with Gasteiger partial charge in [0.1, 0.15) is 5.75 Å². The summed E-state index contributed by atoms with van der Waals surface area (Å²) in [6.07, 6.45) is 0. The van der Waals surface area contributed by atoms with Gasteiger partial charge in [-0.15, -0.1) is 0 Å². The Morgan fingerprint density at radius 1 is 1.16 bits per heavy atom. The van der Waals surface area contributed by atoms with Crippen LogP contribution in [0, 0.1) is 17.0 Å². The summed E-state index contributed by atoms with van der Waals surface area (Å²) in [6, 6.07) is 10.2. The van der Waals surface area contributed by atoms with Crippen LogP contribution in [0.4, 0.5) is 5.69 Å². The number of nitro benzene ring substituents is 1. The van der Waals surface area contributed by atoms with Crippen LogP contribution in [0.1, 0.15) is 22.3 Å². The number of ether oxygens (including phenoxy) is 1. The molecule has 0 heterocycles. The van der Waals surface area contributed by atoms with E-state index in [4.69, 9.17) is 17.0 Å². The number of aliphatic hydroxyl groups is 2. The van der Waals surface area contributed by atoms with E-state index < -0.39 is 4.92 Å². The molecule has 0 bridgehead atoms. The van der Waals surface area contributed by atoms with Gasteiger partial charge in [0.05, 0.1) is 18.1 Å². The Hall–Kier alpha value is -2.00. The number of rotatable bonds is 6. The highest BCUT2D eigenvalue weighted by molar-refractivity contribution is 8.22. The van der Waals surface area contributed by atoms with Crippen LogP contribution < -0.4 is 4.74 Å². The van der Waals surface area contributed by atoms with Gasteiger partial charge in [-0.2, -0.15) is 0 Å². The van der Waals surface area contributed by atoms with Crippen molar-refractivity contribution in [3.8, 4) is 5.75 Å². The average molecular weight is 379 g/mol. The first-order valence-corrected chi connectivity index (χ1v) is 8.76. The van der Waals surface area contributed by atoms with Crippen molar-refractivity contribution >= 4 is 34.0 Å². The number of thiocarbonyl (C=S) groups is 1. The average Bonchev–Trinajstić information content (AvgIpc) is 2.60. The number of nitro groups is 1. The fourth-order valence-electron chi connectivity index (χ4n) is 2.18. The number of hydrogen-bond donors (Lipinski definition) is 2. The predicted octanol–water partition coefficient (Wildman–Crippen LogP) is 3.48. The smallest absolute Gasteiger partial charge is 0.273 e. The lowest BCUT2D eigenvalue weighted by Crippen LogP contribution is -2.04. The van der Waals surface area contributed by atoms with Crippen molar-refractivity contribution in [1.29, 1.82) is 0 Å². The molecule has 25 heavy (non-hydrogen) atoms. The molecular weight excluding hydrogens is 362 g/mol. The van der Waals surface area contributed by atoms with E-state index in [2.05, 4.69) is 0 Å². The van der Waals surface area contributed by atoms with Crippen molar-refractivity contribution in [2.24, 2.45) is 0 Å². The topological polar surface area (TPSA) is 92.8 Å². The lowest BCUT2D eigenvalue weighted by Gasteiger charge is -2.10. The number of aliphatic hydroxyl groups excluding tert-OH is 2. The highest BCUT2D eigenvalue weighted by atomic mass is 32.2. The van der Waals surface area contributed by atoms with E-state index in [-0.39, 0.29) is 29.0 Å².